The fourth-order valence-corrected chi connectivity index (χ4v) is 4.10. The number of rotatable bonds is 0. The van der Waals surface area contributed by atoms with Crippen molar-refractivity contribution in [3.63, 3.8) is 0 Å². The molecule has 0 fully saturated rings. The molecule has 1 atom stereocenters. The van der Waals surface area contributed by atoms with E-state index in [1.54, 1.807) is 0 Å². The monoisotopic (exact) mass is 278 g/mol. The summed E-state index contributed by atoms with van der Waals surface area (Å²) in [6.07, 6.45) is 11.3. The maximum atomic E-state index is 5.68. The topological polar surface area (TPSA) is 0 Å². The lowest BCUT2D eigenvalue weighted by Gasteiger charge is -2.31. The van der Waals surface area contributed by atoms with E-state index in [9.17, 15) is 0 Å². The average Bonchev–Trinajstić information content (AvgIpc) is 2.58. The van der Waals surface area contributed by atoms with Crippen LogP contribution in [-0.2, 0) is 6.42 Å². The highest BCUT2D eigenvalue weighted by Gasteiger charge is 2.29. The largest absolute Gasteiger partial charge is 0.115 e. The molecule has 0 saturated heterocycles. The molecule has 0 nitrogen and oxygen atoms in total. The SMILES string of the molecule is C#Cc1cc2c3c(c1)-c1cccc4cccc(c14)C3C=CC2. The molecule has 0 bridgehead atoms. The minimum absolute atomic E-state index is 0.365. The van der Waals surface area contributed by atoms with Crippen LogP contribution in [0, 0.1) is 12.3 Å². The minimum atomic E-state index is 0.365. The van der Waals surface area contributed by atoms with Crippen LogP contribution in [0.2, 0.25) is 0 Å². The van der Waals surface area contributed by atoms with Gasteiger partial charge in [0.15, 0.2) is 0 Å². The number of hydrogen-bond acceptors (Lipinski definition) is 0. The van der Waals surface area contributed by atoms with E-state index in [0.29, 0.717) is 5.92 Å². The van der Waals surface area contributed by atoms with Gasteiger partial charge in [-0.2, -0.15) is 0 Å². The van der Waals surface area contributed by atoms with Gasteiger partial charge >= 0.3 is 0 Å². The van der Waals surface area contributed by atoms with Gasteiger partial charge in [-0.05, 0) is 57.1 Å². The van der Waals surface area contributed by atoms with Crippen molar-refractivity contribution in [3.8, 4) is 23.5 Å². The molecule has 1 unspecified atom stereocenters. The van der Waals surface area contributed by atoms with Crippen molar-refractivity contribution in [3.05, 3.63) is 82.9 Å². The molecule has 3 aromatic rings. The first-order valence-electron chi connectivity index (χ1n) is 7.69. The Morgan fingerprint density at radius 1 is 1.00 bits per heavy atom. The highest BCUT2D eigenvalue weighted by molar-refractivity contribution is 6.03. The molecule has 0 amide bonds. The summed E-state index contributed by atoms with van der Waals surface area (Å²) in [5.41, 5.74) is 7.89. The fraction of sp³-hybridized carbons (Fsp3) is 0.0909. The van der Waals surface area contributed by atoms with Gasteiger partial charge < -0.3 is 0 Å². The van der Waals surface area contributed by atoms with Gasteiger partial charge in [0.2, 0.25) is 0 Å². The standard InChI is InChI=1S/C22H14/c1-2-14-12-16-8-5-10-18-17-9-3-6-15-7-4-11-19(21(15)17)20(13-14)22(16)18/h1,3-7,9-13,18H,8H2. The van der Waals surface area contributed by atoms with Crippen LogP contribution in [0.25, 0.3) is 21.9 Å². The molecule has 0 radical (unpaired) electrons. The van der Waals surface area contributed by atoms with Crippen LogP contribution in [-0.4, -0.2) is 0 Å². The fourth-order valence-electron chi connectivity index (χ4n) is 4.10. The molecule has 5 rings (SSSR count). The first-order valence-corrected chi connectivity index (χ1v) is 7.69. The van der Waals surface area contributed by atoms with Crippen LogP contribution in [0.3, 0.4) is 0 Å². The first kappa shape index (κ1) is 11.8. The molecule has 102 valence electrons. The number of terminal acetylenes is 1. The smallest absolute Gasteiger partial charge is 0.0285 e. The van der Waals surface area contributed by atoms with Crippen LogP contribution < -0.4 is 0 Å². The first-order chi connectivity index (χ1) is 10.9. The highest BCUT2D eigenvalue weighted by atomic mass is 14.3. The van der Waals surface area contributed by atoms with Crippen molar-refractivity contribution in [1.82, 2.24) is 0 Å². The molecule has 2 aliphatic carbocycles. The highest BCUT2D eigenvalue weighted by Crippen LogP contribution is 2.48. The normalized spacial score (nSPS) is 17.1. The summed E-state index contributed by atoms with van der Waals surface area (Å²) >= 11 is 0. The lowest BCUT2D eigenvalue weighted by Crippen LogP contribution is -2.13. The molecule has 0 spiro atoms. The third kappa shape index (κ3) is 1.38. The summed E-state index contributed by atoms with van der Waals surface area (Å²) in [6, 6.07) is 17.6. The molecule has 0 saturated carbocycles. The third-order valence-corrected chi connectivity index (χ3v) is 4.97. The molecule has 0 N–H and O–H groups in total. The zero-order chi connectivity index (χ0) is 14.7. The van der Waals surface area contributed by atoms with Crippen molar-refractivity contribution >= 4 is 10.8 Å². The summed E-state index contributed by atoms with van der Waals surface area (Å²) in [4.78, 5) is 0. The van der Waals surface area contributed by atoms with Crippen molar-refractivity contribution in [2.24, 2.45) is 0 Å². The Morgan fingerprint density at radius 2 is 1.86 bits per heavy atom. The van der Waals surface area contributed by atoms with Gasteiger partial charge in [0, 0.05) is 11.5 Å². The number of fused-ring (bicyclic) bond motifs is 2. The Kier molecular flexibility index (Phi) is 2.22. The Morgan fingerprint density at radius 3 is 2.73 bits per heavy atom. The van der Waals surface area contributed by atoms with Crippen molar-refractivity contribution in [1.29, 1.82) is 0 Å². The zero-order valence-corrected chi connectivity index (χ0v) is 12.1. The molecule has 22 heavy (non-hydrogen) atoms. The second-order valence-corrected chi connectivity index (χ2v) is 6.10. The van der Waals surface area contributed by atoms with E-state index in [-0.39, 0.29) is 0 Å². The Hall–Kier alpha value is -2.78. The third-order valence-electron chi connectivity index (χ3n) is 4.97. The van der Waals surface area contributed by atoms with E-state index >= 15 is 0 Å². The van der Waals surface area contributed by atoms with E-state index in [1.165, 1.54) is 38.6 Å². The zero-order valence-electron chi connectivity index (χ0n) is 12.1. The van der Waals surface area contributed by atoms with E-state index in [4.69, 9.17) is 6.42 Å². The second-order valence-electron chi connectivity index (χ2n) is 6.10. The Bertz CT molecular complexity index is 1010. The Balaban J connectivity index is 2.02. The maximum Gasteiger partial charge on any atom is 0.0285 e. The van der Waals surface area contributed by atoms with Crippen LogP contribution in [0.15, 0.2) is 60.7 Å². The average molecular weight is 278 g/mol. The lowest BCUT2D eigenvalue weighted by molar-refractivity contribution is 0.956. The summed E-state index contributed by atoms with van der Waals surface area (Å²) in [5.74, 6) is 3.19. The predicted molar refractivity (Wildman–Crippen MR) is 92.0 cm³/mol. The summed E-state index contributed by atoms with van der Waals surface area (Å²) in [6.45, 7) is 0. The Labute approximate surface area is 130 Å². The summed E-state index contributed by atoms with van der Waals surface area (Å²) in [7, 11) is 0. The van der Waals surface area contributed by atoms with Crippen LogP contribution in [0.5, 0.6) is 0 Å². The van der Waals surface area contributed by atoms with Gasteiger partial charge in [-0.3, -0.25) is 0 Å². The number of hydrogen-bond donors (Lipinski definition) is 0. The lowest BCUT2D eigenvalue weighted by atomic mass is 9.72. The molecule has 0 heterocycles. The minimum Gasteiger partial charge on any atom is -0.115 e. The van der Waals surface area contributed by atoms with Gasteiger partial charge in [-0.15, -0.1) is 6.42 Å². The molecule has 0 heteroatoms. The number of allylic oxidation sites excluding steroid dienone is 2. The van der Waals surface area contributed by atoms with E-state index in [0.717, 1.165) is 12.0 Å². The van der Waals surface area contributed by atoms with Gasteiger partial charge in [0.25, 0.3) is 0 Å². The predicted octanol–water partition coefficient (Wildman–Crippen LogP) is 5.05. The molecular formula is C22H14. The van der Waals surface area contributed by atoms with Crippen LogP contribution in [0.1, 0.15) is 28.2 Å². The molecule has 0 aromatic heterocycles. The number of benzene rings is 3. The molecular weight excluding hydrogens is 264 g/mol. The van der Waals surface area contributed by atoms with Crippen molar-refractivity contribution in [2.75, 3.05) is 0 Å². The van der Waals surface area contributed by atoms with Crippen LogP contribution in [0.4, 0.5) is 0 Å². The van der Waals surface area contributed by atoms with Gasteiger partial charge in [-0.1, -0.05) is 54.5 Å². The van der Waals surface area contributed by atoms with E-state index in [1.807, 2.05) is 0 Å². The summed E-state index contributed by atoms with van der Waals surface area (Å²) < 4.78 is 0. The van der Waals surface area contributed by atoms with Crippen molar-refractivity contribution < 1.29 is 0 Å². The summed E-state index contributed by atoms with van der Waals surface area (Å²) in [5, 5.41) is 2.70. The van der Waals surface area contributed by atoms with Gasteiger partial charge in [0.1, 0.15) is 0 Å². The molecule has 2 aliphatic rings. The van der Waals surface area contributed by atoms with Crippen molar-refractivity contribution in [2.45, 2.75) is 12.3 Å². The van der Waals surface area contributed by atoms with E-state index in [2.05, 4.69) is 66.6 Å². The maximum absolute atomic E-state index is 5.68. The second kappa shape index (κ2) is 4.12. The van der Waals surface area contributed by atoms with E-state index < -0.39 is 0 Å². The molecule has 3 aromatic carbocycles. The molecule has 0 aliphatic heterocycles. The van der Waals surface area contributed by atoms with Gasteiger partial charge in [0.05, 0.1) is 0 Å². The van der Waals surface area contributed by atoms with Gasteiger partial charge in [-0.25, -0.2) is 0 Å². The quantitative estimate of drug-likeness (QED) is 0.399. The van der Waals surface area contributed by atoms with Crippen LogP contribution >= 0.6 is 0 Å².